The third kappa shape index (κ3) is 8.30. The fraction of sp³-hybridized carbons (Fsp3) is 0.310. The monoisotopic (exact) mass is 633 g/mol. The van der Waals surface area contributed by atoms with Gasteiger partial charge in [-0.15, -0.1) is 0 Å². The van der Waals surface area contributed by atoms with E-state index in [2.05, 4.69) is 21.2 Å². The molecule has 0 bridgehead atoms. The number of carbonyl (C=O) groups excluding carboxylic acids is 2. The van der Waals surface area contributed by atoms with Gasteiger partial charge >= 0.3 is 0 Å². The van der Waals surface area contributed by atoms with Crippen molar-refractivity contribution in [2.75, 3.05) is 17.4 Å². The van der Waals surface area contributed by atoms with Gasteiger partial charge in [0.05, 0.1) is 10.6 Å². The molecule has 1 N–H and O–H groups in total. The highest BCUT2D eigenvalue weighted by atomic mass is 79.9. The Morgan fingerprint density at radius 2 is 1.69 bits per heavy atom. The molecule has 3 aromatic carbocycles. The van der Waals surface area contributed by atoms with Crippen molar-refractivity contribution in [2.45, 2.75) is 51.1 Å². The molecule has 0 aliphatic rings. The zero-order chi connectivity index (χ0) is 28.6. The highest BCUT2D eigenvalue weighted by molar-refractivity contribution is 9.10. The zero-order valence-corrected chi connectivity index (χ0v) is 25.4. The number of benzene rings is 3. The highest BCUT2D eigenvalue weighted by Crippen LogP contribution is 2.26. The van der Waals surface area contributed by atoms with Crippen molar-refractivity contribution in [1.29, 1.82) is 0 Å². The largest absolute Gasteiger partial charge is 0.354 e. The summed E-state index contributed by atoms with van der Waals surface area (Å²) < 4.78 is 29.5. The number of nitrogens with zero attached hydrogens (tertiary/aromatic N) is 2. The first-order chi connectivity index (χ1) is 18.5. The summed E-state index contributed by atoms with van der Waals surface area (Å²) in [5.41, 5.74) is 1.96. The molecule has 0 fully saturated rings. The Bertz CT molecular complexity index is 1380. The molecular weight excluding hydrogens is 602 g/mol. The lowest BCUT2D eigenvalue weighted by Crippen LogP contribution is -2.51. The summed E-state index contributed by atoms with van der Waals surface area (Å²) in [6.45, 7) is 5.61. The summed E-state index contributed by atoms with van der Waals surface area (Å²) in [6.07, 6.45) is 1.73. The molecule has 0 unspecified atom stereocenters. The first-order valence-corrected chi connectivity index (χ1v) is 15.3. The van der Waals surface area contributed by atoms with Gasteiger partial charge in [0.15, 0.2) is 0 Å². The van der Waals surface area contributed by atoms with Crippen LogP contribution in [0, 0.1) is 6.92 Å². The van der Waals surface area contributed by atoms with Gasteiger partial charge in [-0.1, -0.05) is 70.7 Å². The number of halogens is 2. The number of amides is 2. The van der Waals surface area contributed by atoms with E-state index in [-0.39, 0.29) is 17.3 Å². The van der Waals surface area contributed by atoms with Crippen LogP contribution in [0.4, 0.5) is 5.69 Å². The quantitative estimate of drug-likeness (QED) is 0.250. The van der Waals surface area contributed by atoms with Crippen molar-refractivity contribution in [3.05, 3.63) is 93.4 Å². The number of sulfonamides is 1. The number of carbonyl (C=O) groups is 2. The lowest BCUT2D eigenvalue weighted by Gasteiger charge is -2.32. The molecular formula is C29H33BrClN3O4S. The number of hydrogen-bond acceptors (Lipinski definition) is 4. The average molecular weight is 635 g/mol. The standard InChI is InChI=1S/C29H33BrClN3O4S/c1-4-5-17-32-29(36)22(3)33(19-23-7-6-8-25(31)18-23)28(35)20-34(26-13-11-24(30)12-14-26)39(37,38)27-15-9-21(2)10-16-27/h6-16,18,22H,4-5,17,19-20H2,1-3H3,(H,32,36)/t22-/m0/s1. The molecule has 208 valence electrons. The molecule has 0 spiro atoms. The third-order valence-corrected chi connectivity index (χ3v) is 8.79. The molecule has 0 saturated carbocycles. The Morgan fingerprint density at radius 1 is 1.03 bits per heavy atom. The SMILES string of the molecule is CCCCNC(=O)[C@H](C)N(Cc1cccc(Cl)c1)C(=O)CN(c1ccc(Br)cc1)S(=O)(=O)c1ccc(C)cc1. The average Bonchev–Trinajstić information content (AvgIpc) is 2.90. The Morgan fingerprint density at radius 3 is 2.31 bits per heavy atom. The molecule has 7 nitrogen and oxygen atoms in total. The van der Waals surface area contributed by atoms with Crippen molar-refractivity contribution < 1.29 is 18.0 Å². The van der Waals surface area contributed by atoms with Crippen LogP contribution in [0.5, 0.6) is 0 Å². The minimum atomic E-state index is -4.11. The molecule has 0 aliphatic heterocycles. The topological polar surface area (TPSA) is 86.8 Å². The molecule has 39 heavy (non-hydrogen) atoms. The van der Waals surface area contributed by atoms with Crippen molar-refractivity contribution in [2.24, 2.45) is 0 Å². The minimum absolute atomic E-state index is 0.0653. The molecule has 0 radical (unpaired) electrons. The van der Waals surface area contributed by atoms with Crippen molar-refractivity contribution in [3.8, 4) is 0 Å². The van der Waals surface area contributed by atoms with Crippen LogP contribution >= 0.6 is 27.5 Å². The molecule has 0 aliphatic carbocycles. The van der Waals surface area contributed by atoms with E-state index in [1.165, 1.54) is 17.0 Å². The summed E-state index contributed by atoms with van der Waals surface area (Å²) >= 11 is 9.55. The minimum Gasteiger partial charge on any atom is -0.354 e. The summed E-state index contributed by atoms with van der Waals surface area (Å²) in [7, 11) is -4.11. The predicted molar refractivity (Wildman–Crippen MR) is 159 cm³/mol. The summed E-state index contributed by atoms with van der Waals surface area (Å²) in [5.74, 6) is -0.831. The van der Waals surface area contributed by atoms with E-state index in [0.717, 1.165) is 32.7 Å². The molecule has 0 saturated heterocycles. The maximum Gasteiger partial charge on any atom is 0.264 e. The number of nitrogens with one attached hydrogen (secondary N) is 1. The maximum absolute atomic E-state index is 13.9. The van der Waals surface area contributed by atoms with Gasteiger partial charge in [0.1, 0.15) is 12.6 Å². The number of aryl methyl sites for hydroxylation is 1. The summed E-state index contributed by atoms with van der Waals surface area (Å²) in [5, 5.41) is 3.37. The second-order valence-electron chi connectivity index (χ2n) is 9.27. The van der Waals surface area contributed by atoms with Crippen LogP contribution in [0.1, 0.15) is 37.8 Å². The molecule has 0 heterocycles. The van der Waals surface area contributed by atoms with Gasteiger partial charge in [-0.25, -0.2) is 8.42 Å². The molecule has 1 atom stereocenters. The Hall–Kier alpha value is -2.88. The van der Waals surface area contributed by atoms with Gasteiger partial charge in [-0.3, -0.25) is 13.9 Å². The van der Waals surface area contributed by atoms with Gasteiger partial charge in [0.25, 0.3) is 10.0 Å². The number of hydrogen-bond donors (Lipinski definition) is 1. The Kier molecular flexibility index (Phi) is 11.0. The first-order valence-electron chi connectivity index (χ1n) is 12.7. The predicted octanol–water partition coefficient (Wildman–Crippen LogP) is 5.94. The lowest BCUT2D eigenvalue weighted by atomic mass is 10.1. The first kappa shape index (κ1) is 30.7. The van der Waals surface area contributed by atoms with E-state index in [9.17, 15) is 18.0 Å². The van der Waals surface area contributed by atoms with E-state index in [0.29, 0.717) is 17.3 Å². The van der Waals surface area contributed by atoms with E-state index in [1.54, 1.807) is 61.5 Å². The lowest BCUT2D eigenvalue weighted by molar-refractivity contribution is -0.139. The van der Waals surface area contributed by atoms with Crippen LogP contribution in [0.15, 0.2) is 82.2 Å². The highest BCUT2D eigenvalue weighted by Gasteiger charge is 2.32. The van der Waals surface area contributed by atoms with Crippen molar-refractivity contribution in [3.63, 3.8) is 0 Å². The summed E-state index contributed by atoms with van der Waals surface area (Å²) in [4.78, 5) is 28.3. The van der Waals surface area contributed by atoms with Gasteiger partial charge in [0.2, 0.25) is 11.8 Å². The van der Waals surface area contributed by atoms with Crippen LogP contribution in [-0.4, -0.2) is 44.3 Å². The Labute approximate surface area is 244 Å². The van der Waals surface area contributed by atoms with E-state index in [1.807, 2.05) is 19.9 Å². The van der Waals surface area contributed by atoms with Crippen molar-refractivity contribution >= 4 is 55.1 Å². The molecule has 3 aromatic rings. The van der Waals surface area contributed by atoms with E-state index in [4.69, 9.17) is 11.6 Å². The van der Waals surface area contributed by atoms with Crippen LogP contribution in [0.3, 0.4) is 0 Å². The number of rotatable bonds is 12. The molecule has 2 amide bonds. The maximum atomic E-state index is 13.9. The van der Waals surface area contributed by atoms with Crippen LogP contribution in [-0.2, 0) is 26.2 Å². The third-order valence-electron chi connectivity index (χ3n) is 6.24. The summed E-state index contributed by atoms with van der Waals surface area (Å²) in [6, 6.07) is 19.3. The van der Waals surface area contributed by atoms with Gasteiger partial charge in [-0.05, 0) is 74.4 Å². The Balaban J connectivity index is 1.99. The number of unbranched alkanes of at least 4 members (excludes halogenated alkanes) is 1. The van der Waals surface area contributed by atoms with Gasteiger partial charge < -0.3 is 10.2 Å². The fourth-order valence-electron chi connectivity index (χ4n) is 3.92. The van der Waals surface area contributed by atoms with Crippen LogP contribution in [0.25, 0.3) is 0 Å². The van der Waals surface area contributed by atoms with Gasteiger partial charge in [-0.2, -0.15) is 0 Å². The number of anilines is 1. The molecule has 0 aromatic heterocycles. The molecule has 3 rings (SSSR count). The molecule has 10 heteroatoms. The zero-order valence-electron chi connectivity index (χ0n) is 22.2. The smallest absolute Gasteiger partial charge is 0.264 e. The fourth-order valence-corrected chi connectivity index (χ4v) is 5.82. The normalized spacial score (nSPS) is 12.0. The van der Waals surface area contributed by atoms with Crippen molar-refractivity contribution in [1.82, 2.24) is 10.2 Å². The second kappa shape index (κ2) is 14.0. The van der Waals surface area contributed by atoms with Gasteiger partial charge in [0, 0.05) is 22.6 Å². The van der Waals surface area contributed by atoms with E-state index >= 15 is 0 Å². The second-order valence-corrected chi connectivity index (χ2v) is 12.5. The van der Waals surface area contributed by atoms with Crippen LogP contribution < -0.4 is 9.62 Å². The van der Waals surface area contributed by atoms with E-state index < -0.39 is 28.5 Å². The van der Waals surface area contributed by atoms with Crippen LogP contribution in [0.2, 0.25) is 5.02 Å².